The minimum absolute atomic E-state index is 0.00706. The number of esters is 1. The van der Waals surface area contributed by atoms with Crippen molar-refractivity contribution in [3.8, 4) is 6.07 Å². The van der Waals surface area contributed by atoms with Gasteiger partial charge in [-0.3, -0.25) is 9.59 Å². The Kier molecular flexibility index (Phi) is 5.74. The van der Waals surface area contributed by atoms with Gasteiger partial charge in [0.05, 0.1) is 17.0 Å². The van der Waals surface area contributed by atoms with Gasteiger partial charge in [-0.2, -0.15) is 5.26 Å². The van der Waals surface area contributed by atoms with Crippen LogP contribution in [0, 0.1) is 11.3 Å². The molecule has 0 bridgehead atoms. The Morgan fingerprint density at radius 3 is 2.52 bits per heavy atom. The summed E-state index contributed by atoms with van der Waals surface area (Å²) >= 11 is 5.87. The number of nitrogens with zero attached hydrogens (tertiary/aromatic N) is 1. The summed E-state index contributed by atoms with van der Waals surface area (Å²) in [7, 11) is 0. The molecule has 1 rings (SSSR count). The van der Waals surface area contributed by atoms with E-state index in [1.165, 1.54) is 12.1 Å². The second kappa shape index (κ2) is 7.09. The lowest BCUT2D eigenvalue weighted by Crippen LogP contribution is -2.24. The fourth-order valence-corrected chi connectivity index (χ4v) is 1.74. The zero-order valence-electron chi connectivity index (χ0n) is 12.2. The highest BCUT2D eigenvalue weighted by molar-refractivity contribution is 6.32. The molecule has 1 amide bonds. The fourth-order valence-electron chi connectivity index (χ4n) is 1.52. The fraction of sp³-hybridized carbons (Fsp3) is 0.400. The first-order valence-corrected chi connectivity index (χ1v) is 6.80. The zero-order valence-corrected chi connectivity index (χ0v) is 13.0. The molecule has 0 aromatic heterocycles. The van der Waals surface area contributed by atoms with E-state index in [1.54, 1.807) is 26.8 Å². The zero-order chi connectivity index (χ0) is 16.0. The van der Waals surface area contributed by atoms with Crippen molar-refractivity contribution in [2.45, 2.75) is 39.2 Å². The number of anilines is 1. The number of hydrogen-bond donors (Lipinski definition) is 1. The lowest BCUT2D eigenvalue weighted by molar-refractivity contribution is -0.155. The van der Waals surface area contributed by atoms with E-state index in [1.807, 2.05) is 6.07 Å². The van der Waals surface area contributed by atoms with Gasteiger partial charge in [0.25, 0.3) is 0 Å². The Hall–Kier alpha value is -2.06. The molecule has 0 aliphatic carbocycles. The Morgan fingerprint density at radius 1 is 1.33 bits per heavy atom. The number of nitriles is 1. The van der Waals surface area contributed by atoms with Crippen LogP contribution in [0.4, 0.5) is 5.69 Å². The molecular formula is C15H17ClN2O3. The van der Waals surface area contributed by atoms with Crippen LogP contribution in [0.15, 0.2) is 18.2 Å². The van der Waals surface area contributed by atoms with E-state index in [2.05, 4.69) is 5.32 Å². The van der Waals surface area contributed by atoms with Crippen molar-refractivity contribution in [3.05, 3.63) is 28.8 Å². The highest BCUT2D eigenvalue weighted by atomic mass is 35.5. The Labute approximate surface area is 128 Å². The van der Waals surface area contributed by atoms with Gasteiger partial charge in [0.1, 0.15) is 11.7 Å². The van der Waals surface area contributed by atoms with Crippen molar-refractivity contribution < 1.29 is 14.3 Å². The van der Waals surface area contributed by atoms with Crippen molar-refractivity contribution in [3.63, 3.8) is 0 Å². The average Bonchev–Trinajstić information content (AvgIpc) is 2.34. The van der Waals surface area contributed by atoms with Crippen molar-refractivity contribution in [2.24, 2.45) is 0 Å². The van der Waals surface area contributed by atoms with Gasteiger partial charge in [-0.05, 0) is 39.0 Å². The minimum atomic E-state index is -0.561. The minimum Gasteiger partial charge on any atom is -0.460 e. The molecule has 6 heteroatoms. The number of amides is 1. The molecule has 0 saturated heterocycles. The third-order valence-electron chi connectivity index (χ3n) is 2.35. The summed E-state index contributed by atoms with van der Waals surface area (Å²) in [5, 5.41) is 11.6. The van der Waals surface area contributed by atoms with Gasteiger partial charge < -0.3 is 10.1 Å². The van der Waals surface area contributed by atoms with Crippen LogP contribution in [-0.4, -0.2) is 17.5 Å². The maximum Gasteiger partial charge on any atom is 0.306 e. The van der Waals surface area contributed by atoms with E-state index in [0.717, 1.165) is 0 Å². The van der Waals surface area contributed by atoms with Gasteiger partial charge >= 0.3 is 5.97 Å². The first kappa shape index (κ1) is 17.0. The molecule has 5 nitrogen and oxygen atoms in total. The summed E-state index contributed by atoms with van der Waals surface area (Å²) in [5.41, 5.74) is 0.255. The molecule has 0 aliphatic rings. The predicted molar refractivity (Wildman–Crippen MR) is 79.9 cm³/mol. The molecule has 0 spiro atoms. The molecule has 21 heavy (non-hydrogen) atoms. The van der Waals surface area contributed by atoms with Crippen molar-refractivity contribution in [2.75, 3.05) is 5.32 Å². The smallest absolute Gasteiger partial charge is 0.306 e. The first-order chi connectivity index (χ1) is 9.71. The van der Waals surface area contributed by atoms with Crippen LogP contribution < -0.4 is 5.32 Å². The molecule has 0 radical (unpaired) electrons. The van der Waals surface area contributed by atoms with Crippen LogP contribution in [0.3, 0.4) is 0 Å². The molecule has 0 fully saturated rings. The van der Waals surface area contributed by atoms with E-state index in [-0.39, 0.29) is 23.8 Å². The number of halogens is 1. The van der Waals surface area contributed by atoms with E-state index in [4.69, 9.17) is 21.6 Å². The lowest BCUT2D eigenvalue weighted by atomic mass is 10.2. The average molecular weight is 309 g/mol. The SMILES string of the molecule is CC(C)(C)OC(=O)CCC(=O)Nc1ccc(C#N)c(Cl)c1. The van der Waals surface area contributed by atoms with E-state index >= 15 is 0 Å². The number of ether oxygens (including phenoxy) is 1. The Morgan fingerprint density at radius 2 is 2.00 bits per heavy atom. The maximum absolute atomic E-state index is 11.7. The molecule has 112 valence electrons. The first-order valence-electron chi connectivity index (χ1n) is 6.42. The molecular weight excluding hydrogens is 292 g/mol. The maximum atomic E-state index is 11.7. The third kappa shape index (κ3) is 6.28. The summed E-state index contributed by atoms with van der Waals surface area (Å²) in [5.74, 6) is -0.739. The number of nitrogens with one attached hydrogen (secondary N) is 1. The van der Waals surface area contributed by atoms with Gasteiger partial charge in [0.2, 0.25) is 5.91 Å². The molecule has 0 saturated carbocycles. The molecule has 1 N–H and O–H groups in total. The molecule has 0 heterocycles. The molecule has 0 atom stereocenters. The standard InChI is InChI=1S/C15H17ClN2O3/c1-15(2,3)21-14(20)7-6-13(19)18-11-5-4-10(9-17)12(16)8-11/h4-5,8H,6-7H2,1-3H3,(H,18,19). The number of rotatable bonds is 4. The largest absolute Gasteiger partial charge is 0.460 e. The highest BCUT2D eigenvalue weighted by Crippen LogP contribution is 2.20. The predicted octanol–water partition coefficient (Wildman–Crippen LogP) is 3.27. The number of benzene rings is 1. The summed E-state index contributed by atoms with van der Waals surface area (Å²) < 4.78 is 5.11. The second-order valence-corrected chi connectivity index (χ2v) is 5.85. The quantitative estimate of drug-likeness (QED) is 0.866. The van der Waals surface area contributed by atoms with Crippen LogP contribution in [-0.2, 0) is 14.3 Å². The summed E-state index contributed by atoms with van der Waals surface area (Å²) in [4.78, 5) is 23.2. The van der Waals surface area contributed by atoms with Crippen LogP contribution in [0.1, 0.15) is 39.2 Å². The van der Waals surface area contributed by atoms with E-state index in [9.17, 15) is 9.59 Å². The normalized spacial score (nSPS) is 10.6. The van der Waals surface area contributed by atoms with Crippen LogP contribution in [0.25, 0.3) is 0 Å². The summed E-state index contributed by atoms with van der Waals surface area (Å²) in [6.07, 6.45) is 0.0274. The van der Waals surface area contributed by atoms with Crippen LogP contribution >= 0.6 is 11.6 Å². The van der Waals surface area contributed by atoms with Crippen LogP contribution in [0.2, 0.25) is 5.02 Å². The summed E-state index contributed by atoms with van der Waals surface area (Å²) in [6.45, 7) is 5.30. The Bertz CT molecular complexity index is 586. The van der Waals surface area contributed by atoms with Gasteiger partial charge in [-0.15, -0.1) is 0 Å². The number of carbonyl (C=O) groups is 2. The molecule has 0 aliphatic heterocycles. The molecule has 1 aromatic carbocycles. The molecule has 0 unspecified atom stereocenters. The van der Waals surface area contributed by atoms with E-state index in [0.29, 0.717) is 11.3 Å². The van der Waals surface area contributed by atoms with Crippen molar-refractivity contribution >= 4 is 29.2 Å². The third-order valence-corrected chi connectivity index (χ3v) is 2.66. The monoisotopic (exact) mass is 308 g/mol. The number of hydrogen-bond acceptors (Lipinski definition) is 4. The topological polar surface area (TPSA) is 79.2 Å². The van der Waals surface area contributed by atoms with Crippen LogP contribution in [0.5, 0.6) is 0 Å². The summed E-state index contributed by atoms with van der Waals surface area (Å²) in [6, 6.07) is 6.52. The van der Waals surface area contributed by atoms with Gasteiger partial charge in [0, 0.05) is 12.1 Å². The van der Waals surface area contributed by atoms with E-state index < -0.39 is 11.6 Å². The highest BCUT2D eigenvalue weighted by Gasteiger charge is 2.17. The van der Waals surface area contributed by atoms with Gasteiger partial charge in [0.15, 0.2) is 0 Å². The number of carbonyl (C=O) groups excluding carboxylic acids is 2. The molecule has 1 aromatic rings. The Balaban J connectivity index is 2.50. The lowest BCUT2D eigenvalue weighted by Gasteiger charge is -2.19. The van der Waals surface area contributed by atoms with Crippen molar-refractivity contribution in [1.29, 1.82) is 5.26 Å². The van der Waals surface area contributed by atoms with Crippen molar-refractivity contribution in [1.82, 2.24) is 0 Å². The van der Waals surface area contributed by atoms with Gasteiger partial charge in [-0.1, -0.05) is 11.6 Å². The second-order valence-electron chi connectivity index (χ2n) is 5.44. The van der Waals surface area contributed by atoms with Gasteiger partial charge in [-0.25, -0.2) is 0 Å².